The highest BCUT2D eigenvalue weighted by Crippen LogP contribution is 2.30. The maximum Gasteiger partial charge on any atom is 0.167 e. The second-order valence-electron chi connectivity index (χ2n) is 4.02. The van der Waals surface area contributed by atoms with Crippen molar-refractivity contribution in [3.05, 3.63) is 17.7 Å². The van der Waals surface area contributed by atoms with Crippen molar-refractivity contribution in [2.24, 2.45) is 0 Å². The fourth-order valence-electron chi connectivity index (χ4n) is 1.82. The smallest absolute Gasteiger partial charge is 0.167 e. The summed E-state index contributed by atoms with van der Waals surface area (Å²) in [5, 5.41) is 0. The highest BCUT2D eigenvalue weighted by molar-refractivity contribution is 5.71. The SMILES string of the molecule is CC1(c2ncc(C=O)[nH]2)CCCOC1. The van der Waals surface area contributed by atoms with Crippen molar-refractivity contribution in [2.45, 2.75) is 25.2 Å². The van der Waals surface area contributed by atoms with Gasteiger partial charge in [-0.25, -0.2) is 4.98 Å². The summed E-state index contributed by atoms with van der Waals surface area (Å²) in [5.74, 6) is 0.860. The Labute approximate surface area is 82.7 Å². The molecule has 1 N–H and O–H groups in total. The Bertz CT molecular complexity index is 327. The van der Waals surface area contributed by atoms with Crippen molar-refractivity contribution in [2.75, 3.05) is 13.2 Å². The zero-order valence-corrected chi connectivity index (χ0v) is 8.25. The molecule has 0 aliphatic carbocycles. The van der Waals surface area contributed by atoms with Crippen LogP contribution < -0.4 is 0 Å². The van der Waals surface area contributed by atoms with Crippen LogP contribution in [0.1, 0.15) is 36.1 Å². The van der Waals surface area contributed by atoms with Crippen molar-refractivity contribution in [3.8, 4) is 0 Å². The van der Waals surface area contributed by atoms with Gasteiger partial charge in [-0.1, -0.05) is 6.92 Å². The lowest BCUT2D eigenvalue weighted by Crippen LogP contribution is -2.34. The van der Waals surface area contributed by atoms with Gasteiger partial charge in [-0.15, -0.1) is 0 Å². The topological polar surface area (TPSA) is 55.0 Å². The molecule has 1 saturated heterocycles. The lowest BCUT2D eigenvalue weighted by molar-refractivity contribution is 0.0387. The van der Waals surface area contributed by atoms with Crippen molar-refractivity contribution < 1.29 is 9.53 Å². The largest absolute Gasteiger partial charge is 0.380 e. The molecule has 0 saturated carbocycles. The first kappa shape index (κ1) is 9.40. The number of hydrogen-bond donors (Lipinski definition) is 1. The maximum absolute atomic E-state index is 10.5. The second-order valence-corrected chi connectivity index (χ2v) is 4.02. The molecule has 1 aromatic heterocycles. The standard InChI is InChI=1S/C10H14N2O2/c1-10(3-2-4-14-7-10)9-11-5-8(6-13)12-9/h5-6H,2-4,7H2,1H3,(H,11,12). The molecule has 76 valence electrons. The highest BCUT2D eigenvalue weighted by Gasteiger charge is 2.32. The Morgan fingerprint density at radius 2 is 2.57 bits per heavy atom. The zero-order valence-electron chi connectivity index (χ0n) is 8.25. The van der Waals surface area contributed by atoms with Gasteiger partial charge in [0.25, 0.3) is 0 Å². The Hall–Kier alpha value is -1.16. The molecular formula is C10H14N2O2. The molecule has 1 unspecified atom stereocenters. The van der Waals surface area contributed by atoms with E-state index in [-0.39, 0.29) is 5.41 Å². The molecule has 2 rings (SSSR count). The molecule has 14 heavy (non-hydrogen) atoms. The van der Waals surface area contributed by atoms with Crippen LogP contribution in [0.5, 0.6) is 0 Å². The summed E-state index contributed by atoms with van der Waals surface area (Å²) in [6.07, 6.45) is 4.46. The van der Waals surface area contributed by atoms with E-state index in [2.05, 4.69) is 16.9 Å². The van der Waals surface area contributed by atoms with Gasteiger partial charge in [0.05, 0.1) is 18.5 Å². The molecule has 4 nitrogen and oxygen atoms in total. The van der Waals surface area contributed by atoms with Crippen LogP contribution in [0.3, 0.4) is 0 Å². The molecule has 0 amide bonds. The van der Waals surface area contributed by atoms with Crippen LogP contribution >= 0.6 is 0 Å². The number of H-pyrrole nitrogens is 1. The molecule has 1 aliphatic heterocycles. The van der Waals surface area contributed by atoms with Gasteiger partial charge in [-0.05, 0) is 12.8 Å². The number of imidazole rings is 1. The van der Waals surface area contributed by atoms with Gasteiger partial charge in [0, 0.05) is 12.0 Å². The van der Waals surface area contributed by atoms with Gasteiger partial charge < -0.3 is 9.72 Å². The summed E-state index contributed by atoms with van der Waals surface area (Å²) in [6, 6.07) is 0. The number of aromatic nitrogens is 2. The Morgan fingerprint density at radius 1 is 1.71 bits per heavy atom. The quantitative estimate of drug-likeness (QED) is 0.722. The molecule has 1 atom stereocenters. The molecule has 2 heterocycles. The average Bonchev–Trinajstić information content (AvgIpc) is 2.67. The number of aromatic amines is 1. The van der Waals surface area contributed by atoms with Gasteiger partial charge in [0.1, 0.15) is 5.82 Å². The van der Waals surface area contributed by atoms with Gasteiger partial charge in [0.15, 0.2) is 6.29 Å². The Kier molecular flexibility index (Phi) is 2.37. The van der Waals surface area contributed by atoms with Gasteiger partial charge in [0.2, 0.25) is 0 Å². The Morgan fingerprint density at radius 3 is 3.14 bits per heavy atom. The Balaban J connectivity index is 2.23. The number of nitrogens with one attached hydrogen (secondary N) is 1. The summed E-state index contributed by atoms with van der Waals surface area (Å²) in [7, 11) is 0. The lowest BCUT2D eigenvalue weighted by Gasteiger charge is -2.31. The fourth-order valence-corrected chi connectivity index (χ4v) is 1.82. The first-order valence-electron chi connectivity index (χ1n) is 4.83. The average molecular weight is 194 g/mol. The molecule has 0 radical (unpaired) electrons. The van der Waals surface area contributed by atoms with E-state index in [0.29, 0.717) is 12.3 Å². The van der Waals surface area contributed by atoms with E-state index in [1.807, 2.05) is 0 Å². The first-order valence-corrected chi connectivity index (χ1v) is 4.83. The van der Waals surface area contributed by atoms with E-state index < -0.39 is 0 Å². The van der Waals surface area contributed by atoms with Crippen LogP contribution in [0.15, 0.2) is 6.20 Å². The number of carbonyl (C=O) groups is 1. The summed E-state index contributed by atoms with van der Waals surface area (Å²) in [6.45, 7) is 3.62. The number of rotatable bonds is 2. The minimum Gasteiger partial charge on any atom is -0.380 e. The van der Waals surface area contributed by atoms with E-state index in [0.717, 1.165) is 31.6 Å². The monoisotopic (exact) mass is 194 g/mol. The molecular weight excluding hydrogens is 180 g/mol. The first-order chi connectivity index (χ1) is 6.74. The van der Waals surface area contributed by atoms with Crippen LogP contribution in [-0.2, 0) is 10.2 Å². The molecule has 1 aromatic rings. The summed E-state index contributed by atoms with van der Waals surface area (Å²) >= 11 is 0. The molecule has 0 aromatic carbocycles. The minimum absolute atomic E-state index is 0.0560. The van der Waals surface area contributed by atoms with E-state index in [4.69, 9.17) is 4.74 Å². The van der Waals surface area contributed by atoms with Gasteiger partial charge in [-0.2, -0.15) is 0 Å². The van der Waals surface area contributed by atoms with Crippen LogP contribution in [0.4, 0.5) is 0 Å². The molecule has 4 heteroatoms. The van der Waals surface area contributed by atoms with E-state index >= 15 is 0 Å². The second kappa shape index (κ2) is 3.53. The van der Waals surface area contributed by atoms with Gasteiger partial charge >= 0.3 is 0 Å². The third-order valence-electron chi connectivity index (χ3n) is 2.73. The highest BCUT2D eigenvalue weighted by atomic mass is 16.5. The fraction of sp³-hybridized carbons (Fsp3) is 0.600. The van der Waals surface area contributed by atoms with Crippen molar-refractivity contribution in [1.82, 2.24) is 9.97 Å². The molecule has 0 spiro atoms. The van der Waals surface area contributed by atoms with E-state index in [9.17, 15) is 4.79 Å². The van der Waals surface area contributed by atoms with Crippen molar-refractivity contribution in [3.63, 3.8) is 0 Å². The molecule has 1 fully saturated rings. The van der Waals surface area contributed by atoms with Crippen molar-refractivity contribution >= 4 is 6.29 Å². The van der Waals surface area contributed by atoms with Crippen LogP contribution in [0, 0.1) is 0 Å². The molecule has 1 aliphatic rings. The summed E-state index contributed by atoms with van der Waals surface area (Å²) in [5.41, 5.74) is 0.478. The third kappa shape index (κ3) is 1.57. The zero-order chi connectivity index (χ0) is 10.0. The van der Waals surface area contributed by atoms with Crippen LogP contribution in [0.25, 0.3) is 0 Å². The van der Waals surface area contributed by atoms with Crippen LogP contribution in [-0.4, -0.2) is 29.5 Å². The maximum atomic E-state index is 10.5. The van der Waals surface area contributed by atoms with E-state index in [1.165, 1.54) is 0 Å². The number of hydrogen-bond acceptors (Lipinski definition) is 3. The van der Waals surface area contributed by atoms with Gasteiger partial charge in [-0.3, -0.25) is 4.79 Å². The third-order valence-corrected chi connectivity index (χ3v) is 2.73. The number of ether oxygens (including phenoxy) is 1. The predicted molar refractivity (Wildman–Crippen MR) is 51.4 cm³/mol. The number of aldehydes is 1. The summed E-state index contributed by atoms with van der Waals surface area (Å²) in [4.78, 5) is 17.7. The predicted octanol–water partition coefficient (Wildman–Crippen LogP) is 1.29. The van der Waals surface area contributed by atoms with Crippen molar-refractivity contribution in [1.29, 1.82) is 0 Å². The lowest BCUT2D eigenvalue weighted by atomic mass is 9.84. The molecule has 0 bridgehead atoms. The number of carbonyl (C=O) groups excluding carboxylic acids is 1. The van der Waals surface area contributed by atoms with Crippen LogP contribution in [0.2, 0.25) is 0 Å². The number of nitrogens with zero attached hydrogens (tertiary/aromatic N) is 1. The minimum atomic E-state index is -0.0560. The normalized spacial score (nSPS) is 27.5. The summed E-state index contributed by atoms with van der Waals surface area (Å²) < 4.78 is 5.43. The van der Waals surface area contributed by atoms with E-state index in [1.54, 1.807) is 6.20 Å².